The summed E-state index contributed by atoms with van der Waals surface area (Å²) >= 11 is 3.05. The molecule has 6 heteroatoms. The molecule has 0 saturated carbocycles. The van der Waals surface area contributed by atoms with Crippen LogP contribution in [-0.4, -0.2) is 10.1 Å². The minimum Gasteiger partial charge on any atom is -0.454 e. The predicted molar refractivity (Wildman–Crippen MR) is 64.3 cm³/mol. The van der Waals surface area contributed by atoms with Crippen LogP contribution in [0.15, 0.2) is 34.9 Å². The molecular weight excluding hydrogens is 308 g/mol. The molecule has 1 N–H and O–H groups in total. The molecule has 1 aromatic carbocycles. The van der Waals surface area contributed by atoms with Crippen LogP contribution in [0, 0.1) is 11.6 Å². The number of aromatic nitrogens is 1. The highest BCUT2D eigenvalue weighted by molar-refractivity contribution is 9.10. The fraction of sp³-hybridized carbons (Fsp3) is 0.0833. The molecular formula is C12H8BrF2NO2. The van der Waals surface area contributed by atoms with Gasteiger partial charge in [-0.25, -0.2) is 4.39 Å². The van der Waals surface area contributed by atoms with Crippen molar-refractivity contribution in [2.75, 3.05) is 0 Å². The lowest BCUT2D eigenvalue weighted by Gasteiger charge is -2.08. The summed E-state index contributed by atoms with van der Waals surface area (Å²) in [5, 5.41) is 8.91. The maximum Gasteiger partial charge on any atom is 0.201 e. The third kappa shape index (κ3) is 2.83. The molecule has 0 unspecified atom stereocenters. The Morgan fingerprint density at radius 1 is 1.28 bits per heavy atom. The van der Waals surface area contributed by atoms with Gasteiger partial charge in [-0.1, -0.05) is 15.9 Å². The van der Waals surface area contributed by atoms with E-state index in [1.165, 1.54) is 24.4 Å². The number of nitrogens with zero attached hydrogens (tertiary/aromatic N) is 1. The van der Waals surface area contributed by atoms with Crippen molar-refractivity contribution < 1.29 is 18.6 Å². The molecule has 1 aromatic heterocycles. The summed E-state index contributed by atoms with van der Waals surface area (Å²) < 4.78 is 32.2. The van der Waals surface area contributed by atoms with Crippen LogP contribution in [0.3, 0.4) is 0 Å². The summed E-state index contributed by atoms with van der Waals surface area (Å²) in [6.45, 7) is -0.257. The summed E-state index contributed by atoms with van der Waals surface area (Å²) in [4.78, 5) is 3.85. The Kier molecular flexibility index (Phi) is 3.88. The van der Waals surface area contributed by atoms with E-state index in [0.29, 0.717) is 10.2 Å². The first-order valence-electron chi connectivity index (χ1n) is 4.98. The van der Waals surface area contributed by atoms with Crippen LogP contribution < -0.4 is 4.74 Å². The molecule has 1 heterocycles. The molecule has 0 atom stereocenters. The van der Waals surface area contributed by atoms with E-state index >= 15 is 0 Å². The lowest BCUT2D eigenvalue weighted by atomic mass is 10.3. The normalized spacial score (nSPS) is 10.4. The Bertz CT molecular complexity index is 578. The second-order valence-electron chi connectivity index (χ2n) is 3.44. The predicted octanol–water partition coefficient (Wildman–Crippen LogP) is 3.41. The molecule has 18 heavy (non-hydrogen) atoms. The van der Waals surface area contributed by atoms with Gasteiger partial charge in [0.05, 0.1) is 12.3 Å². The quantitative estimate of drug-likeness (QED) is 0.883. The number of hydrogen-bond acceptors (Lipinski definition) is 3. The monoisotopic (exact) mass is 315 g/mol. The number of ether oxygens (including phenoxy) is 1. The van der Waals surface area contributed by atoms with Gasteiger partial charge in [0.25, 0.3) is 0 Å². The maximum atomic E-state index is 13.5. The third-order valence-corrected chi connectivity index (χ3v) is 2.60. The first kappa shape index (κ1) is 12.9. The summed E-state index contributed by atoms with van der Waals surface area (Å²) in [6.07, 6.45) is 1.41. The van der Waals surface area contributed by atoms with Crippen molar-refractivity contribution in [3.05, 3.63) is 52.3 Å². The molecule has 0 aliphatic carbocycles. The van der Waals surface area contributed by atoms with Crippen LogP contribution in [0.5, 0.6) is 11.5 Å². The van der Waals surface area contributed by atoms with E-state index in [9.17, 15) is 8.78 Å². The molecule has 0 radical (unpaired) electrons. The molecule has 0 aliphatic rings. The van der Waals surface area contributed by atoms with E-state index in [4.69, 9.17) is 9.84 Å². The molecule has 0 spiro atoms. The van der Waals surface area contributed by atoms with Crippen molar-refractivity contribution >= 4 is 15.9 Å². The van der Waals surface area contributed by atoms with Gasteiger partial charge in [-0.05, 0) is 18.2 Å². The molecule has 0 fully saturated rings. The van der Waals surface area contributed by atoms with Gasteiger partial charge < -0.3 is 9.84 Å². The molecule has 0 aliphatic heterocycles. The van der Waals surface area contributed by atoms with Gasteiger partial charge >= 0.3 is 0 Å². The van der Waals surface area contributed by atoms with Crippen molar-refractivity contribution in [2.24, 2.45) is 0 Å². The van der Waals surface area contributed by atoms with Crippen molar-refractivity contribution in [1.29, 1.82) is 0 Å². The van der Waals surface area contributed by atoms with E-state index < -0.39 is 11.6 Å². The number of rotatable bonds is 3. The average Bonchev–Trinajstić information content (AvgIpc) is 2.35. The number of hydrogen-bond donors (Lipinski definition) is 1. The Morgan fingerprint density at radius 2 is 2.06 bits per heavy atom. The molecule has 0 bridgehead atoms. The average molecular weight is 316 g/mol. The summed E-state index contributed by atoms with van der Waals surface area (Å²) in [5.41, 5.74) is 0.378. The van der Waals surface area contributed by atoms with Crippen LogP contribution >= 0.6 is 15.9 Å². The highest BCUT2D eigenvalue weighted by Crippen LogP contribution is 2.29. The van der Waals surface area contributed by atoms with E-state index in [2.05, 4.69) is 20.9 Å². The Labute approximate surface area is 110 Å². The number of benzene rings is 1. The van der Waals surface area contributed by atoms with Crippen LogP contribution in [0.2, 0.25) is 0 Å². The first-order chi connectivity index (χ1) is 8.60. The van der Waals surface area contributed by atoms with Crippen molar-refractivity contribution in [3.63, 3.8) is 0 Å². The molecule has 2 aromatic rings. The molecule has 2 rings (SSSR count). The SMILES string of the molecule is OCc1cc(Oc2cc(Br)cc(F)c2F)ccn1. The molecule has 0 amide bonds. The second kappa shape index (κ2) is 5.41. The standard InChI is InChI=1S/C12H8BrF2NO2/c13-7-3-10(14)12(15)11(4-7)18-9-1-2-16-8(5-9)6-17/h1-5,17H,6H2. The van der Waals surface area contributed by atoms with Crippen LogP contribution in [0.4, 0.5) is 8.78 Å². The summed E-state index contributed by atoms with van der Waals surface area (Å²) in [6, 6.07) is 5.25. The van der Waals surface area contributed by atoms with Gasteiger partial charge in [0.1, 0.15) is 5.75 Å². The largest absolute Gasteiger partial charge is 0.454 e. The Morgan fingerprint density at radius 3 is 2.78 bits per heavy atom. The fourth-order valence-electron chi connectivity index (χ4n) is 1.34. The lowest BCUT2D eigenvalue weighted by Crippen LogP contribution is -1.94. The van der Waals surface area contributed by atoms with E-state index in [1.807, 2.05) is 0 Å². The number of halogens is 3. The zero-order chi connectivity index (χ0) is 13.1. The highest BCUT2D eigenvalue weighted by atomic mass is 79.9. The zero-order valence-corrected chi connectivity index (χ0v) is 10.6. The van der Waals surface area contributed by atoms with Crippen molar-refractivity contribution in [1.82, 2.24) is 4.98 Å². The smallest absolute Gasteiger partial charge is 0.201 e. The van der Waals surface area contributed by atoms with E-state index in [0.717, 1.165) is 6.07 Å². The number of aliphatic hydroxyl groups is 1. The van der Waals surface area contributed by atoms with Gasteiger partial charge in [-0.15, -0.1) is 0 Å². The molecule has 94 valence electrons. The third-order valence-electron chi connectivity index (χ3n) is 2.14. The number of aliphatic hydroxyl groups excluding tert-OH is 1. The van der Waals surface area contributed by atoms with Crippen molar-refractivity contribution in [2.45, 2.75) is 6.61 Å². The van der Waals surface area contributed by atoms with Gasteiger partial charge in [-0.3, -0.25) is 4.98 Å². The molecule has 0 saturated heterocycles. The summed E-state index contributed by atoms with van der Waals surface area (Å²) in [7, 11) is 0. The topological polar surface area (TPSA) is 42.4 Å². The lowest BCUT2D eigenvalue weighted by molar-refractivity contribution is 0.276. The summed E-state index contributed by atoms with van der Waals surface area (Å²) in [5.74, 6) is -2.04. The Hall–Kier alpha value is -1.53. The minimum absolute atomic E-state index is 0.239. The van der Waals surface area contributed by atoms with E-state index in [1.54, 1.807) is 0 Å². The maximum absolute atomic E-state index is 13.5. The van der Waals surface area contributed by atoms with Gasteiger partial charge in [0, 0.05) is 16.7 Å². The number of pyridine rings is 1. The van der Waals surface area contributed by atoms with Crippen LogP contribution in [0.25, 0.3) is 0 Å². The molecule has 3 nitrogen and oxygen atoms in total. The fourth-order valence-corrected chi connectivity index (χ4v) is 1.75. The minimum atomic E-state index is -1.07. The van der Waals surface area contributed by atoms with Crippen LogP contribution in [-0.2, 0) is 6.61 Å². The highest BCUT2D eigenvalue weighted by Gasteiger charge is 2.12. The Balaban J connectivity index is 2.33. The van der Waals surface area contributed by atoms with Gasteiger partial charge in [0.15, 0.2) is 11.6 Å². The first-order valence-corrected chi connectivity index (χ1v) is 5.77. The van der Waals surface area contributed by atoms with Gasteiger partial charge in [0.2, 0.25) is 5.82 Å². The van der Waals surface area contributed by atoms with Crippen molar-refractivity contribution in [3.8, 4) is 11.5 Å². The zero-order valence-electron chi connectivity index (χ0n) is 9.03. The van der Waals surface area contributed by atoms with Gasteiger partial charge in [-0.2, -0.15) is 4.39 Å². The van der Waals surface area contributed by atoms with E-state index in [-0.39, 0.29) is 18.1 Å². The second-order valence-corrected chi connectivity index (χ2v) is 4.36. The van der Waals surface area contributed by atoms with Crippen LogP contribution in [0.1, 0.15) is 5.69 Å².